The molecule has 5 heteroatoms. The summed E-state index contributed by atoms with van der Waals surface area (Å²) in [5.41, 5.74) is 7.49. The smallest absolute Gasteiger partial charge is 0.228 e. The van der Waals surface area contributed by atoms with Crippen LogP contribution in [-0.4, -0.2) is 21.2 Å². The summed E-state index contributed by atoms with van der Waals surface area (Å²) < 4.78 is 5.09. The Hall–Kier alpha value is -1.75. The van der Waals surface area contributed by atoms with Crippen molar-refractivity contribution in [3.63, 3.8) is 0 Å². The number of nitrogens with zero attached hydrogens (tertiary/aromatic N) is 3. The van der Waals surface area contributed by atoms with E-state index in [4.69, 9.17) is 10.3 Å². The van der Waals surface area contributed by atoms with Crippen molar-refractivity contribution < 1.29 is 4.52 Å². The summed E-state index contributed by atoms with van der Waals surface area (Å²) in [6, 6.07) is 3.85. The normalized spacial score (nSPS) is 12.7. The Balaban J connectivity index is 2.24. The van der Waals surface area contributed by atoms with Gasteiger partial charge in [-0.2, -0.15) is 4.98 Å². The van der Waals surface area contributed by atoms with E-state index in [1.807, 2.05) is 26.0 Å². The van der Waals surface area contributed by atoms with Crippen LogP contribution in [0.1, 0.15) is 18.4 Å². The standard InChI is InChI=1S/C11H14N4O/c1-7-3-4-13-9(5-7)11-14-10(16-15-11)6-8(2)12/h3-5,8H,6,12H2,1-2H3. The van der Waals surface area contributed by atoms with E-state index in [9.17, 15) is 0 Å². The molecule has 0 spiro atoms. The van der Waals surface area contributed by atoms with Gasteiger partial charge in [0, 0.05) is 18.7 Å². The van der Waals surface area contributed by atoms with Crippen molar-refractivity contribution in [3.8, 4) is 11.5 Å². The topological polar surface area (TPSA) is 77.8 Å². The van der Waals surface area contributed by atoms with Gasteiger partial charge in [0.05, 0.1) is 0 Å². The lowest BCUT2D eigenvalue weighted by atomic mass is 10.2. The predicted molar refractivity (Wildman–Crippen MR) is 59.6 cm³/mol. The number of hydrogen-bond acceptors (Lipinski definition) is 5. The maximum absolute atomic E-state index is 5.65. The number of aromatic nitrogens is 3. The van der Waals surface area contributed by atoms with Crippen molar-refractivity contribution in [2.24, 2.45) is 5.73 Å². The summed E-state index contributed by atoms with van der Waals surface area (Å²) in [7, 11) is 0. The van der Waals surface area contributed by atoms with Crippen LogP contribution in [0.25, 0.3) is 11.5 Å². The van der Waals surface area contributed by atoms with Gasteiger partial charge in [0.15, 0.2) is 0 Å². The third-order valence-electron chi connectivity index (χ3n) is 2.11. The van der Waals surface area contributed by atoms with E-state index in [1.165, 1.54) is 0 Å². The molecule has 2 heterocycles. The minimum atomic E-state index is 0.0127. The molecule has 0 fully saturated rings. The molecule has 0 radical (unpaired) electrons. The van der Waals surface area contributed by atoms with Crippen LogP contribution < -0.4 is 5.73 Å². The second-order valence-corrected chi connectivity index (χ2v) is 3.91. The molecule has 0 saturated heterocycles. The molecule has 16 heavy (non-hydrogen) atoms. The van der Waals surface area contributed by atoms with Gasteiger partial charge in [-0.15, -0.1) is 0 Å². The molecule has 1 unspecified atom stereocenters. The molecule has 0 aliphatic rings. The molecule has 0 aliphatic heterocycles. The number of hydrogen-bond donors (Lipinski definition) is 1. The molecular formula is C11H14N4O. The monoisotopic (exact) mass is 218 g/mol. The Kier molecular flexibility index (Phi) is 2.96. The zero-order chi connectivity index (χ0) is 11.5. The Morgan fingerprint density at radius 1 is 1.50 bits per heavy atom. The lowest BCUT2D eigenvalue weighted by Crippen LogP contribution is -2.17. The predicted octanol–water partition coefficient (Wildman–Crippen LogP) is 1.33. The van der Waals surface area contributed by atoms with Crippen molar-refractivity contribution in [2.75, 3.05) is 0 Å². The molecular weight excluding hydrogens is 204 g/mol. The minimum absolute atomic E-state index is 0.0127. The average Bonchev–Trinajstić information content (AvgIpc) is 2.65. The number of pyridine rings is 1. The number of nitrogens with two attached hydrogens (primary N) is 1. The van der Waals surface area contributed by atoms with E-state index >= 15 is 0 Å². The summed E-state index contributed by atoms with van der Waals surface area (Å²) in [6.07, 6.45) is 2.31. The minimum Gasteiger partial charge on any atom is -0.339 e. The quantitative estimate of drug-likeness (QED) is 0.840. The van der Waals surface area contributed by atoms with Gasteiger partial charge in [0.25, 0.3) is 0 Å². The van der Waals surface area contributed by atoms with E-state index in [-0.39, 0.29) is 6.04 Å². The third-order valence-corrected chi connectivity index (χ3v) is 2.11. The highest BCUT2D eigenvalue weighted by atomic mass is 16.5. The summed E-state index contributed by atoms with van der Waals surface area (Å²) in [6.45, 7) is 3.89. The first-order valence-electron chi connectivity index (χ1n) is 5.16. The van der Waals surface area contributed by atoms with Crippen LogP contribution in [0, 0.1) is 6.92 Å². The molecule has 1 atom stereocenters. The number of aryl methyl sites for hydroxylation is 1. The average molecular weight is 218 g/mol. The van der Waals surface area contributed by atoms with Gasteiger partial charge >= 0.3 is 0 Å². The van der Waals surface area contributed by atoms with Crippen molar-refractivity contribution in [1.82, 2.24) is 15.1 Å². The fourth-order valence-electron chi connectivity index (χ4n) is 1.38. The third kappa shape index (κ3) is 2.43. The molecule has 0 amide bonds. The summed E-state index contributed by atoms with van der Waals surface area (Å²) >= 11 is 0. The highest BCUT2D eigenvalue weighted by molar-refractivity contribution is 5.48. The zero-order valence-corrected chi connectivity index (χ0v) is 9.34. The van der Waals surface area contributed by atoms with Gasteiger partial charge in [0.2, 0.25) is 11.7 Å². The molecule has 0 aliphatic carbocycles. The summed E-state index contributed by atoms with van der Waals surface area (Å²) in [5, 5.41) is 3.88. The second kappa shape index (κ2) is 4.40. The van der Waals surface area contributed by atoms with E-state index in [0.717, 1.165) is 11.3 Å². The van der Waals surface area contributed by atoms with Crippen molar-refractivity contribution in [3.05, 3.63) is 29.8 Å². The van der Waals surface area contributed by atoms with Crippen molar-refractivity contribution in [2.45, 2.75) is 26.3 Å². The van der Waals surface area contributed by atoms with Crippen molar-refractivity contribution >= 4 is 0 Å². The fourth-order valence-corrected chi connectivity index (χ4v) is 1.38. The summed E-state index contributed by atoms with van der Waals surface area (Å²) in [4.78, 5) is 8.43. The highest BCUT2D eigenvalue weighted by Crippen LogP contribution is 2.14. The first-order chi connectivity index (χ1) is 7.65. The van der Waals surface area contributed by atoms with E-state index < -0.39 is 0 Å². The molecule has 2 aromatic rings. The largest absolute Gasteiger partial charge is 0.339 e. The lowest BCUT2D eigenvalue weighted by Gasteiger charge is -1.97. The highest BCUT2D eigenvalue weighted by Gasteiger charge is 2.10. The van der Waals surface area contributed by atoms with Gasteiger partial charge in [0.1, 0.15) is 5.69 Å². The first kappa shape index (κ1) is 10.8. The molecule has 2 N–H and O–H groups in total. The first-order valence-corrected chi connectivity index (χ1v) is 5.16. The van der Waals surface area contributed by atoms with Gasteiger partial charge in [-0.25, -0.2) is 0 Å². The Bertz CT molecular complexity index is 478. The lowest BCUT2D eigenvalue weighted by molar-refractivity contribution is 0.372. The Morgan fingerprint density at radius 2 is 2.31 bits per heavy atom. The van der Waals surface area contributed by atoms with Crippen LogP contribution in [0.5, 0.6) is 0 Å². The van der Waals surface area contributed by atoms with E-state index in [0.29, 0.717) is 18.1 Å². The van der Waals surface area contributed by atoms with Crippen LogP contribution in [0.15, 0.2) is 22.9 Å². The van der Waals surface area contributed by atoms with Crippen molar-refractivity contribution in [1.29, 1.82) is 0 Å². The molecule has 84 valence electrons. The maximum Gasteiger partial charge on any atom is 0.228 e. The SMILES string of the molecule is Cc1ccnc(-c2noc(CC(C)N)n2)c1. The Labute approximate surface area is 93.7 Å². The van der Waals surface area contributed by atoms with Crippen LogP contribution in [-0.2, 0) is 6.42 Å². The zero-order valence-electron chi connectivity index (χ0n) is 9.34. The fraction of sp³-hybridized carbons (Fsp3) is 0.364. The molecule has 0 saturated carbocycles. The molecule has 0 aromatic carbocycles. The van der Waals surface area contributed by atoms with Crippen LogP contribution in [0.3, 0.4) is 0 Å². The van der Waals surface area contributed by atoms with E-state index in [1.54, 1.807) is 6.20 Å². The van der Waals surface area contributed by atoms with Gasteiger partial charge < -0.3 is 10.3 Å². The maximum atomic E-state index is 5.65. The van der Waals surface area contributed by atoms with Crippen LogP contribution in [0.4, 0.5) is 0 Å². The van der Waals surface area contributed by atoms with Crippen LogP contribution in [0.2, 0.25) is 0 Å². The van der Waals surface area contributed by atoms with Crippen LogP contribution >= 0.6 is 0 Å². The van der Waals surface area contributed by atoms with Gasteiger partial charge in [-0.3, -0.25) is 4.98 Å². The molecule has 5 nitrogen and oxygen atoms in total. The molecule has 2 aromatic heterocycles. The Morgan fingerprint density at radius 3 is 3.00 bits per heavy atom. The van der Waals surface area contributed by atoms with Gasteiger partial charge in [-0.05, 0) is 31.5 Å². The second-order valence-electron chi connectivity index (χ2n) is 3.91. The van der Waals surface area contributed by atoms with Gasteiger partial charge in [-0.1, -0.05) is 5.16 Å². The number of rotatable bonds is 3. The summed E-state index contributed by atoms with van der Waals surface area (Å²) in [5.74, 6) is 1.06. The van der Waals surface area contributed by atoms with E-state index in [2.05, 4.69) is 15.1 Å². The molecule has 2 rings (SSSR count). The molecule has 0 bridgehead atoms.